The molecule has 110 valence electrons. The number of rotatable bonds is 3. The molecule has 1 saturated heterocycles. The average Bonchev–Trinajstić information content (AvgIpc) is 2.33. The van der Waals surface area contributed by atoms with Gasteiger partial charge in [0.05, 0.1) is 6.54 Å². The highest BCUT2D eigenvalue weighted by Crippen LogP contribution is 2.17. The van der Waals surface area contributed by atoms with Crippen LogP contribution in [0.5, 0.6) is 0 Å². The van der Waals surface area contributed by atoms with Crippen LogP contribution < -0.4 is 10.6 Å². The summed E-state index contributed by atoms with van der Waals surface area (Å²) in [5.74, 6) is -0.396. The molecule has 2 unspecified atom stereocenters. The van der Waals surface area contributed by atoms with E-state index in [1.807, 2.05) is 0 Å². The number of piperazine rings is 1. The van der Waals surface area contributed by atoms with Gasteiger partial charge in [0.1, 0.15) is 5.82 Å². The fourth-order valence-electron chi connectivity index (χ4n) is 2.71. The smallest absolute Gasteiger partial charge is 0.238 e. The third-order valence-corrected chi connectivity index (χ3v) is 3.54. The minimum Gasteiger partial charge on any atom is -0.325 e. The molecule has 5 heteroatoms. The van der Waals surface area contributed by atoms with Gasteiger partial charge in [-0.3, -0.25) is 9.69 Å². The van der Waals surface area contributed by atoms with Crippen LogP contribution in [0.15, 0.2) is 18.2 Å². The van der Waals surface area contributed by atoms with Crippen LogP contribution >= 0.6 is 0 Å². The summed E-state index contributed by atoms with van der Waals surface area (Å²) in [5, 5.41) is 6.21. The zero-order valence-corrected chi connectivity index (χ0v) is 12.2. The van der Waals surface area contributed by atoms with E-state index in [9.17, 15) is 9.18 Å². The Morgan fingerprint density at radius 3 is 2.70 bits per heavy atom. The first-order chi connectivity index (χ1) is 9.45. The second-order valence-corrected chi connectivity index (χ2v) is 5.62. The summed E-state index contributed by atoms with van der Waals surface area (Å²) in [7, 11) is 0. The summed E-state index contributed by atoms with van der Waals surface area (Å²) in [4.78, 5) is 14.2. The number of hydrogen-bond donors (Lipinski definition) is 2. The Bertz CT molecular complexity index is 482. The van der Waals surface area contributed by atoms with Crippen molar-refractivity contribution in [2.45, 2.75) is 32.9 Å². The number of anilines is 1. The number of amides is 1. The van der Waals surface area contributed by atoms with Crippen molar-refractivity contribution in [2.24, 2.45) is 0 Å². The van der Waals surface area contributed by atoms with Gasteiger partial charge in [-0.2, -0.15) is 0 Å². The molecule has 1 amide bonds. The molecule has 20 heavy (non-hydrogen) atoms. The van der Waals surface area contributed by atoms with Gasteiger partial charge in [-0.25, -0.2) is 4.39 Å². The number of halogens is 1. The maximum absolute atomic E-state index is 13.4. The third-order valence-electron chi connectivity index (χ3n) is 3.54. The highest BCUT2D eigenvalue weighted by molar-refractivity contribution is 5.93. The van der Waals surface area contributed by atoms with Crippen molar-refractivity contribution in [1.82, 2.24) is 10.2 Å². The van der Waals surface area contributed by atoms with Crippen LogP contribution in [0.2, 0.25) is 0 Å². The molecule has 1 fully saturated rings. The quantitative estimate of drug-likeness (QED) is 0.886. The van der Waals surface area contributed by atoms with Crippen molar-refractivity contribution in [2.75, 3.05) is 25.0 Å². The Labute approximate surface area is 119 Å². The number of nitrogens with zero attached hydrogens (tertiary/aromatic N) is 1. The maximum atomic E-state index is 13.4. The van der Waals surface area contributed by atoms with Crippen LogP contribution in [0, 0.1) is 12.7 Å². The van der Waals surface area contributed by atoms with Gasteiger partial charge in [-0.05, 0) is 32.9 Å². The van der Waals surface area contributed by atoms with E-state index in [1.54, 1.807) is 19.1 Å². The lowest BCUT2D eigenvalue weighted by atomic mass is 10.1. The molecule has 1 aliphatic heterocycles. The van der Waals surface area contributed by atoms with Crippen molar-refractivity contribution >= 4 is 11.6 Å². The first-order valence-corrected chi connectivity index (χ1v) is 6.99. The zero-order valence-electron chi connectivity index (χ0n) is 12.2. The predicted molar refractivity (Wildman–Crippen MR) is 78.3 cm³/mol. The standard InChI is InChI=1S/C15H22FN3O/c1-10-7-19(8-11(2)17-10)9-15(20)18-14-6-4-5-13(16)12(14)3/h4-6,10-11,17H,7-9H2,1-3H3,(H,18,20). The predicted octanol–water partition coefficient (Wildman–Crippen LogP) is 1.75. The number of carbonyl (C=O) groups excluding carboxylic acids is 1. The molecule has 2 rings (SSSR count). The molecular weight excluding hydrogens is 257 g/mol. The molecule has 1 aromatic carbocycles. The van der Waals surface area contributed by atoms with Crippen LogP contribution in [0.4, 0.5) is 10.1 Å². The minimum atomic E-state index is -0.299. The van der Waals surface area contributed by atoms with Gasteiger partial charge < -0.3 is 10.6 Å². The molecule has 0 radical (unpaired) electrons. The first-order valence-electron chi connectivity index (χ1n) is 6.99. The Hall–Kier alpha value is -1.46. The van der Waals surface area contributed by atoms with E-state index >= 15 is 0 Å². The van der Waals surface area contributed by atoms with E-state index in [0.29, 0.717) is 29.9 Å². The molecule has 4 nitrogen and oxygen atoms in total. The van der Waals surface area contributed by atoms with Gasteiger partial charge in [-0.15, -0.1) is 0 Å². The van der Waals surface area contributed by atoms with Gasteiger partial charge in [0.2, 0.25) is 5.91 Å². The van der Waals surface area contributed by atoms with Gasteiger partial charge in [0.15, 0.2) is 0 Å². The Balaban J connectivity index is 1.94. The van der Waals surface area contributed by atoms with E-state index in [4.69, 9.17) is 0 Å². The summed E-state index contributed by atoms with van der Waals surface area (Å²) in [6, 6.07) is 5.47. The summed E-state index contributed by atoms with van der Waals surface area (Å²) in [6.07, 6.45) is 0. The molecule has 1 aliphatic rings. The topological polar surface area (TPSA) is 44.4 Å². The monoisotopic (exact) mass is 279 g/mol. The van der Waals surface area contributed by atoms with Gasteiger partial charge in [-0.1, -0.05) is 6.07 Å². The van der Waals surface area contributed by atoms with Crippen LogP contribution in [0.25, 0.3) is 0 Å². The summed E-state index contributed by atoms with van der Waals surface area (Å²) < 4.78 is 13.4. The van der Waals surface area contributed by atoms with E-state index < -0.39 is 0 Å². The molecular formula is C15H22FN3O. The normalized spacial score (nSPS) is 23.6. The van der Waals surface area contributed by atoms with Crippen LogP contribution in [-0.4, -0.2) is 42.5 Å². The number of hydrogen-bond acceptors (Lipinski definition) is 3. The Morgan fingerprint density at radius 1 is 1.40 bits per heavy atom. The second-order valence-electron chi connectivity index (χ2n) is 5.62. The van der Waals surface area contributed by atoms with E-state index in [-0.39, 0.29) is 11.7 Å². The molecule has 0 saturated carbocycles. The lowest BCUT2D eigenvalue weighted by Gasteiger charge is -2.35. The zero-order chi connectivity index (χ0) is 14.7. The van der Waals surface area contributed by atoms with Crippen molar-refractivity contribution < 1.29 is 9.18 Å². The second kappa shape index (κ2) is 6.33. The maximum Gasteiger partial charge on any atom is 0.238 e. The van der Waals surface area contributed by atoms with Crippen LogP contribution in [0.1, 0.15) is 19.4 Å². The Kier molecular flexibility index (Phi) is 4.73. The summed E-state index contributed by atoms with van der Waals surface area (Å²) in [5.41, 5.74) is 1.02. The molecule has 0 bridgehead atoms. The molecule has 1 heterocycles. The summed E-state index contributed by atoms with van der Waals surface area (Å²) in [6.45, 7) is 7.92. The molecule has 2 atom stereocenters. The third kappa shape index (κ3) is 3.77. The average molecular weight is 279 g/mol. The van der Waals surface area contributed by atoms with Gasteiger partial charge in [0.25, 0.3) is 0 Å². The van der Waals surface area contributed by atoms with Gasteiger partial charge in [0, 0.05) is 36.4 Å². The highest BCUT2D eigenvalue weighted by atomic mass is 19.1. The fraction of sp³-hybridized carbons (Fsp3) is 0.533. The van der Waals surface area contributed by atoms with Crippen molar-refractivity contribution in [3.8, 4) is 0 Å². The number of carbonyl (C=O) groups is 1. The molecule has 0 spiro atoms. The fourth-order valence-corrected chi connectivity index (χ4v) is 2.71. The highest BCUT2D eigenvalue weighted by Gasteiger charge is 2.22. The van der Waals surface area contributed by atoms with Crippen molar-refractivity contribution in [1.29, 1.82) is 0 Å². The lowest BCUT2D eigenvalue weighted by molar-refractivity contribution is -0.117. The van der Waals surface area contributed by atoms with E-state index in [1.165, 1.54) is 6.07 Å². The molecule has 0 aliphatic carbocycles. The number of benzene rings is 1. The van der Waals surface area contributed by atoms with Gasteiger partial charge >= 0.3 is 0 Å². The first kappa shape index (κ1) is 14.9. The van der Waals surface area contributed by atoms with Crippen LogP contribution in [-0.2, 0) is 4.79 Å². The van der Waals surface area contributed by atoms with Crippen molar-refractivity contribution in [3.63, 3.8) is 0 Å². The minimum absolute atomic E-state index is 0.0972. The van der Waals surface area contributed by atoms with E-state index in [2.05, 4.69) is 29.4 Å². The SMILES string of the molecule is Cc1c(F)cccc1NC(=O)CN1CC(C)NC(C)C1. The summed E-state index contributed by atoms with van der Waals surface area (Å²) >= 11 is 0. The molecule has 2 N–H and O–H groups in total. The van der Waals surface area contributed by atoms with E-state index in [0.717, 1.165) is 13.1 Å². The number of nitrogens with one attached hydrogen (secondary N) is 2. The lowest BCUT2D eigenvalue weighted by Crippen LogP contribution is -2.55. The van der Waals surface area contributed by atoms with Crippen molar-refractivity contribution in [3.05, 3.63) is 29.6 Å². The molecule has 0 aromatic heterocycles. The van der Waals surface area contributed by atoms with Crippen LogP contribution in [0.3, 0.4) is 0 Å². The molecule has 1 aromatic rings. The largest absolute Gasteiger partial charge is 0.325 e. The Morgan fingerprint density at radius 2 is 2.05 bits per heavy atom.